The summed E-state index contributed by atoms with van der Waals surface area (Å²) in [6.07, 6.45) is 3.70. The van der Waals surface area contributed by atoms with Crippen LogP contribution in [0, 0.1) is 5.92 Å². The zero-order chi connectivity index (χ0) is 17.5. The summed E-state index contributed by atoms with van der Waals surface area (Å²) in [6.45, 7) is 2.90. The summed E-state index contributed by atoms with van der Waals surface area (Å²) >= 11 is 0. The summed E-state index contributed by atoms with van der Waals surface area (Å²) in [5.74, 6) is 3.00. The van der Waals surface area contributed by atoms with Crippen LogP contribution in [0.3, 0.4) is 0 Å². The number of aromatic nitrogens is 1. The molecule has 1 aromatic carbocycles. The van der Waals surface area contributed by atoms with Crippen molar-refractivity contribution in [2.24, 2.45) is 5.92 Å². The molecule has 0 radical (unpaired) electrons. The number of benzene rings is 1. The first-order valence-electron chi connectivity index (χ1n) is 9.69. The van der Waals surface area contributed by atoms with Gasteiger partial charge in [-0.05, 0) is 30.7 Å². The van der Waals surface area contributed by atoms with E-state index in [0.717, 1.165) is 62.8 Å². The fourth-order valence-corrected chi connectivity index (χ4v) is 4.30. The summed E-state index contributed by atoms with van der Waals surface area (Å²) < 4.78 is 11.5. The maximum Gasteiger partial charge on any atom is 0.226 e. The minimum Gasteiger partial charge on any atom is -0.445 e. The molecule has 5 nitrogen and oxygen atoms in total. The Labute approximate surface area is 153 Å². The molecule has 1 saturated heterocycles. The first kappa shape index (κ1) is 16.1. The lowest BCUT2D eigenvalue weighted by atomic mass is 10.0. The summed E-state index contributed by atoms with van der Waals surface area (Å²) in [7, 11) is 0. The maximum absolute atomic E-state index is 12.9. The van der Waals surface area contributed by atoms with Gasteiger partial charge < -0.3 is 14.1 Å². The van der Waals surface area contributed by atoms with Gasteiger partial charge in [-0.25, -0.2) is 4.98 Å². The topological polar surface area (TPSA) is 55.6 Å². The van der Waals surface area contributed by atoms with E-state index in [9.17, 15) is 4.79 Å². The Kier molecular flexibility index (Phi) is 4.04. The summed E-state index contributed by atoms with van der Waals surface area (Å²) in [5, 5.41) is 0. The van der Waals surface area contributed by atoms with Crippen molar-refractivity contribution in [2.45, 2.75) is 44.1 Å². The molecule has 26 heavy (non-hydrogen) atoms. The Morgan fingerprint density at radius 1 is 1.15 bits per heavy atom. The van der Waals surface area contributed by atoms with E-state index in [-0.39, 0.29) is 11.8 Å². The maximum atomic E-state index is 12.9. The van der Waals surface area contributed by atoms with Crippen LogP contribution in [0.5, 0.6) is 0 Å². The van der Waals surface area contributed by atoms with Crippen molar-refractivity contribution in [1.29, 1.82) is 0 Å². The van der Waals surface area contributed by atoms with Gasteiger partial charge in [0.2, 0.25) is 5.91 Å². The molecule has 2 aromatic rings. The molecule has 136 valence electrons. The van der Waals surface area contributed by atoms with Crippen molar-refractivity contribution >= 4 is 5.91 Å². The van der Waals surface area contributed by atoms with Gasteiger partial charge in [0.25, 0.3) is 0 Å². The molecule has 0 spiro atoms. The van der Waals surface area contributed by atoms with E-state index in [2.05, 4.69) is 24.3 Å². The smallest absolute Gasteiger partial charge is 0.226 e. The number of hydrogen-bond acceptors (Lipinski definition) is 4. The standard InChI is InChI=1S/C21H24N2O3/c24-21(17-12-16(17)14-4-2-1-3-5-14)23-9-6-19-18(13-23)22-20(26-19)15-7-10-25-11-8-15/h1-5,15-17H,6-13H2/t16-,17+/m0/s1. The van der Waals surface area contributed by atoms with Gasteiger partial charge in [0, 0.05) is 38.0 Å². The van der Waals surface area contributed by atoms with Crippen LogP contribution in [0.1, 0.15) is 54.0 Å². The third kappa shape index (κ3) is 2.94. The van der Waals surface area contributed by atoms with Gasteiger partial charge in [-0.2, -0.15) is 0 Å². The lowest BCUT2D eigenvalue weighted by Crippen LogP contribution is -2.37. The number of hydrogen-bond donors (Lipinski definition) is 0. The molecule has 0 bridgehead atoms. The first-order valence-corrected chi connectivity index (χ1v) is 9.69. The third-order valence-corrected chi connectivity index (χ3v) is 5.96. The van der Waals surface area contributed by atoms with Gasteiger partial charge >= 0.3 is 0 Å². The lowest BCUT2D eigenvalue weighted by Gasteiger charge is -2.25. The number of carbonyl (C=O) groups is 1. The van der Waals surface area contributed by atoms with E-state index in [4.69, 9.17) is 14.1 Å². The van der Waals surface area contributed by atoms with Crippen molar-refractivity contribution in [3.63, 3.8) is 0 Å². The molecule has 5 heteroatoms. The summed E-state index contributed by atoms with van der Waals surface area (Å²) in [4.78, 5) is 19.6. The van der Waals surface area contributed by atoms with E-state index in [0.29, 0.717) is 18.4 Å². The van der Waals surface area contributed by atoms with Crippen molar-refractivity contribution in [1.82, 2.24) is 9.88 Å². The monoisotopic (exact) mass is 352 g/mol. The fraction of sp³-hybridized carbons (Fsp3) is 0.524. The second kappa shape index (κ2) is 6.54. The number of nitrogens with zero attached hydrogens (tertiary/aromatic N) is 2. The average Bonchev–Trinajstić information content (AvgIpc) is 3.39. The van der Waals surface area contributed by atoms with Crippen LogP contribution in [0.25, 0.3) is 0 Å². The van der Waals surface area contributed by atoms with Crippen molar-refractivity contribution < 1.29 is 13.9 Å². The molecule has 3 aliphatic rings. The van der Waals surface area contributed by atoms with E-state index in [1.54, 1.807) is 0 Å². The van der Waals surface area contributed by atoms with E-state index < -0.39 is 0 Å². The Morgan fingerprint density at radius 3 is 2.77 bits per heavy atom. The number of carbonyl (C=O) groups excluding carboxylic acids is 1. The number of ether oxygens (including phenoxy) is 1. The summed E-state index contributed by atoms with van der Waals surface area (Å²) in [5.41, 5.74) is 2.25. The molecule has 5 rings (SSSR count). The zero-order valence-corrected chi connectivity index (χ0v) is 14.9. The Balaban J connectivity index is 1.26. The quantitative estimate of drug-likeness (QED) is 0.851. The fourth-order valence-electron chi connectivity index (χ4n) is 4.30. The predicted octanol–water partition coefficient (Wildman–Crippen LogP) is 3.26. The minimum absolute atomic E-state index is 0.140. The molecule has 2 aliphatic heterocycles. The number of oxazole rings is 1. The van der Waals surface area contributed by atoms with Gasteiger partial charge in [0.1, 0.15) is 11.5 Å². The van der Waals surface area contributed by atoms with E-state index in [1.165, 1.54) is 5.56 Å². The molecular weight excluding hydrogens is 328 g/mol. The van der Waals surface area contributed by atoms with Crippen LogP contribution < -0.4 is 0 Å². The Bertz CT molecular complexity index is 795. The Hall–Kier alpha value is -2.14. The average molecular weight is 352 g/mol. The van der Waals surface area contributed by atoms with Crippen molar-refractivity contribution in [2.75, 3.05) is 19.8 Å². The number of fused-ring (bicyclic) bond motifs is 1. The summed E-state index contributed by atoms with van der Waals surface area (Å²) in [6, 6.07) is 10.4. The van der Waals surface area contributed by atoms with Gasteiger partial charge in [-0.1, -0.05) is 30.3 Å². The van der Waals surface area contributed by atoms with Gasteiger partial charge in [-0.3, -0.25) is 4.79 Å². The van der Waals surface area contributed by atoms with Crippen molar-refractivity contribution in [3.05, 3.63) is 53.2 Å². The predicted molar refractivity (Wildman–Crippen MR) is 95.7 cm³/mol. The van der Waals surface area contributed by atoms with Crippen LogP contribution in [0.2, 0.25) is 0 Å². The molecule has 1 aliphatic carbocycles. The SMILES string of the molecule is O=C([C@@H]1C[C@H]1c1ccccc1)N1CCc2oc(C3CCOCC3)nc2C1. The normalized spacial score (nSPS) is 25.8. The van der Waals surface area contributed by atoms with Crippen LogP contribution in [-0.4, -0.2) is 35.5 Å². The minimum atomic E-state index is 0.140. The molecule has 2 atom stereocenters. The van der Waals surface area contributed by atoms with Crippen molar-refractivity contribution in [3.8, 4) is 0 Å². The highest BCUT2D eigenvalue weighted by molar-refractivity contribution is 5.83. The van der Waals surface area contributed by atoms with Gasteiger partial charge in [-0.15, -0.1) is 0 Å². The third-order valence-electron chi connectivity index (χ3n) is 5.96. The lowest BCUT2D eigenvalue weighted by molar-refractivity contribution is -0.133. The van der Waals surface area contributed by atoms with Crippen LogP contribution in [0.4, 0.5) is 0 Å². The van der Waals surface area contributed by atoms with Gasteiger partial charge in [0.05, 0.1) is 6.54 Å². The molecular formula is C21H24N2O3. The van der Waals surface area contributed by atoms with Crippen LogP contribution in [-0.2, 0) is 22.5 Å². The highest BCUT2D eigenvalue weighted by Crippen LogP contribution is 2.48. The molecule has 1 amide bonds. The molecule has 0 unspecified atom stereocenters. The molecule has 3 heterocycles. The number of rotatable bonds is 3. The van der Waals surface area contributed by atoms with E-state index >= 15 is 0 Å². The largest absolute Gasteiger partial charge is 0.445 e. The highest BCUT2D eigenvalue weighted by Gasteiger charge is 2.46. The van der Waals surface area contributed by atoms with E-state index in [1.807, 2.05) is 11.0 Å². The molecule has 2 fully saturated rings. The van der Waals surface area contributed by atoms with Crippen LogP contribution >= 0.6 is 0 Å². The second-order valence-electron chi connectivity index (χ2n) is 7.68. The molecule has 1 saturated carbocycles. The Morgan fingerprint density at radius 2 is 1.96 bits per heavy atom. The van der Waals surface area contributed by atoms with Gasteiger partial charge in [0.15, 0.2) is 5.89 Å². The molecule has 1 aromatic heterocycles. The zero-order valence-electron chi connectivity index (χ0n) is 14.9. The highest BCUT2D eigenvalue weighted by atomic mass is 16.5. The van der Waals surface area contributed by atoms with Crippen LogP contribution in [0.15, 0.2) is 34.7 Å². The number of amides is 1. The molecule has 0 N–H and O–H groups in total. The first-order chi connectivity index (χ1) is 12.8. The second-order valence-corrected chi connectivity index (χ2v) is 7.68.